The minimum absolute atomic E-state index is 0.0949. The Kier molecular flexibility index (Phi) is 5.15. The number of anilines is 1. The van der Waals surface area contributed by atoms with E-state index in [9.17, 15) is 13.2 Å². The molecule has 0 bridgehead atoms. The van der Waals surface area contributed by atoms with E-state index in [1.807, 2.05) is 6.92 Å². The number of aryl methyl sites for hydroxylation is 1. The van der Waals surface area contributed by atoms with E-state index in [2.05, 4.69) is 20.7 Å². The molecule has 0 radical (unpaired) electrons. The van der Waals surface area contributed by atoms with Crippen molar-refractivity contribution in [3.05, 3.63) is 28.2 Å². The Labute approximate surface area is 114 Å². The Morgan fingerprint density at radius 2 is 2.11 bits per heavy atom. The van der Waals surface area contributed by atoms with E-state index >= 15 is 0 Å². The van der Waals surface area contributed by atoms with Crippen molar-refractivity contribution < 1.29 is 18.3 Å². The molecule has 0 aliphatic carbocycles. The molecule has 0 aromatic heterocycles. The number of nitrogens with one attached hydrogen (secondary N) is 1. The van der Waals surface area contributed by atoms with E-state index in [4.69, 9.17) is 5.11 Å². The highest BCUT2D eigenvalue weighted by Crippen LogP contribution is 2.21. The minimum Gasteiger partial charge on any atom is -0.481 e. The topological polar surface area (TPSA) is 83.5 Å². The number of hydrogen-bond acceptors (Lipinski definition) is 3. The first kappa shape index (κ1) is 15.0. The van der Waals surface area contributed by atoms with Crippen LogP contribution in [0.5, 0.6) is 0 Å². The number of halogens is 1. The molecule has 7 heteroatoms. The van der Waals surface area contributed by atoms with Gasteiger partial charge in [0.2, 0.25) is 10.0 Å². The molecule has 0 saturated carbocycles. The van der Waals surface area contributed by atoms with Crippen molar-refractivity contribution in [3.63, 3.8) is 0 Å². The summed E-state index contributed by atoms with van der Waals surface area (Å²) in [4.78, 5) is 10.3. The number of carboxylic acid groups (broad SMARTS) is 1. The molecule has 0 saturated heterocycles. The monoisotopic (exact) mass is 335 g/mol. The van der Waals surface area contributed by atoms with Crippen molar-refractivity contribution in [1.82, 2.24) is 0 Å². The first-order valence-corrected chi connectivity index (χ1v) is 7.73. The van der Waals surface area contributed by atoms with E-state index < -0.39 is 16.0 Å². The van der Waals surface area contributed by atoms with Gasteiger partial charge in [-0.1, -0.05) is 22.0 Å². The molecule has 18 heavy (non-hydrogen) atoms. The van der Waals surface area contributed by atoms with Crippen molar-refractivity contribution >= 4 is 37.6 Å². The molecular formula is C11H14BrNO4S. The molecule has 0 atom stereocenters. The summed E-state index contributed by atoms with van der Waals surface area (Å²) in [6.45, 7) is 1.90. The second-order valence-electron chi connectivity index (χ2n) is 3.88. The molecule has 1 rings (SSSR count). The number of hydrogen-bond donors (Lipinski definition) is 2. The summed E-state index contributed by atoms with van der Waals surface area (Å²) >= 11 is 3.31. The lowest BCUT2D eigenvalue weighted by molar-refractivity contribution is -0.137. The fraction of sp³-hybridized carbons (Fsp3) is 0.364. The van der Waals surface area contributed by atoms with Crippen molar-refractivity contribution in [2.45, 2.75) is 19.8 Å². The third-order valence-corrected chi connectivity index (χ3v) is 4.48. The van der Waals surface area contributed by atoms with Gasteiger partial charge in [-0.25, -0.2) is 8.42 Å². The van der Waals surface area contributed by atoms with Crippen LogP contribution in [-0.4, -0.2) is 25.2 Å². The van der Waals surface area contributed by atoms with Gasteiger partial charge in [-0.3, -0.25) is 9.52 Å². The molecule has 2 N–H and O–H groups in total. The summed E-state index contributed by atoms with van der Waals surface area (Å²) in [5.74, 6) is -1.20. The lowest BCUT2D eigenvalue weighted by Crippen LogP contribution is -2.17. The van der Waals surface area contributed by atoms with Crippen molar-refractivity contribution in [2.75, 3.05) is 10.5 Å². The van der Waals surface area contributed by atoms with Crippen LogP contribution in [0.15, 0.2) is 22.7 Å². The fourth-order valence-corrected chi connectivity index (χ4v) is 2.79. The molecule has 0 aliphatic heterocycles. The van der Waals surface area contributed by atoms with E-state index in [-0.39, 0.29) is 18.6 Å². The van der Waals surface area contributed by atoms with Gasteiger partial charge in [-0.15, -0.1) is 0 Å². The summed E-state index contributed by atoms with van der Waals surface area (Å²) in [7, 11) is -3.49. The lowest BCUT2D eigenvalue weighted by atomic mass is 10.2. The average Bonchev–Trinajstić information content (AvgIpc) is 2.22. The quantitative estimate of drug-likeness (QED) is 0.835. The van der Waals surface area contributed by atoms with Crippen LogP contribution >= 0.6 is 15.9 Å². The van der Waals surface area contributed by atoms with E-state index in [0.29, 0.717) is 5.69 Å². The Morgan fingerprint density at radius 3 is 2.67 bits per heavy atom. The van der Waals surface area contributed by atoms with E-state index in [1.165, 1.54) is 0 Å². The lowest BCUT2D eigenvalue weighted by Gasteiger charge is -2.08. The third-order valence-electron chi connectivity index (χ3n) is 2.25. The number of carboxylic acids is 1. The molecule has 100 valence electrons. The summed E-state index contributed by atoms with van der Waals surface area (Å²) in [5.41, 5.74) is 1.46. The highest BCUT2D eigenvalue weighted by atomic mass is 79.9. The molecule has 0 unspecified atom stereocenters. The van der Waals surface area contributed by atoms with E-state index in [1.54, 1.807) is 18.2 Å². The first-order valence-electron chi connectivity index (χ1n) is 5.28. The largest absolute Gasteiger partial charge is 0.481 e. The molecule has 0 heterocycles. The summed E-state index contributed by atoms with van der Waals surface area (Å²) in [6.07, 6.45) is -0.0593. The Balaban J connectivity index is 2.64. The second-order valence-corrected chi connectivity index (χ2v) is 6.58. The summed E-state index contributed by atoms with van der Waals surface area (Å²) in [6, 6.07) is 5.12. The zero-order chi connectivity index (χ0) is 13.8. The third kappa shape index (κ3) is 5.05. The van der Waals surface area contributed by atoms with Gasteiger partial charge in [-0.05, 0) is 31.0 Å². The highest BCUT2D eigenvalue weighted by molar-refractivity contribution is 9.10. The molecule has 5 nitrogen and oxygen atoms in total. The Bertz CT molecular complexity index is 542. The zero-order valence-electron chi connectivity index (χ0n) is 9.81. The standard InChI is InChI=1S/C11H14BrNO4S/c1-8-4-5-9(7-10(8)12)13-18(16,17)6-2-3-11(14)15/h4-5,7,13H,2-3,6H2,1H3,(H,14,15). The minimum atomic E-state index is -3.49. The van der Waals surface area contributed by atoms with Crippen molar-refractivity contribution in [2.24, 2.45) is 0 Å². The van der Waals surface area contributed by atoms with Gasteiger partial charge in [-0.2, -0.15) is 0 Å². The maximum absolute atomic E-state index is 11.7. The van der Waals surface area contributed by atoms with Gasteiger partial charge < -0.3 is 5.11 Å². The highest BCUT2D eigenvalue weighted by Gasteiger charge is 2.11. The average molecular weight is 336 g/mol. The van der Waals surface area contributed by atoms with Crippen LogP contribution in [-0.2, 0) is 14.8 Å². The van der Waals surface area contributed by atoms with Gasteiger partial charge >= 0.3 is 5.97 Å². The predicted octanol–water partition coefficient (Wildman–Crippen LogP) is 2.36. The first-order chi connectivity index (χ1) is 8.30. The number of sulfonamides is 1. The van der Waals surface area contributed by atoms with Crippen molar-refractivity contribution in [3.8, 4) is 0 Å². The van der Waals surface area contributed by atoms with Gasteiger partial charge in [0.1, 0.15) is 0 Å². The summed E-state index contributed by atoms with van der Waals surface area (Å²) < 4.78 is 26.5. The Hall–Kier alpha value is -1.08. The number of carbonyl (C=O) groups is 1. The number of aliphatic carboxylic acids is 1. The van der Waals surface area contributed by atoms with Gasteiger partial charge in [0.05, 0.1) is 5.75 Å². The van der Waals surface area contributed by atoms with Gasteiger partial charge in [0.15, 0.2) is 0 Å². The predicted molar refractivity (Wildman–Crippen MR) is 73.2 cm³/mol. The molecule has 0 amide bonds. The van der Waals surface area contributed by atoms with Crippen LogP contribution in [0.2, 0.25) is 0 Å². The molecule has 0 spiro atoms. The molecule has 0 aliphatic rings. The second kappa shape index (κ2) is 6.19. The smallest absolute Gasteiger partial charge is 0.303 e. The SMILES string of the molecule is Cc1ccc(NS(=O)(=O)CCCC(=O)O)cc1Br. The van der Waals surface area contributed by atoms with Crippen LogP contribution in [0, 0.1) is 6.92 Å². The van der Waals surface area contributed by atoms with Crippen molar-refractivity contribution in [1.29, 1.82) is 0 Å². The van der Waals surface area contributed by atoms with Crippen LogP contribution in [0.1, 0.15) is 18.4 Å². The van der Waals surface area contributed by atoms with Crippen LogP contribution in [0.4, 0.5) is 5.69 Å². The maximum Gasteiger partial charge on any atom is 0.303 e. The van der Waals surface area contributed by atoms with Gasteiger partial charge in [0, 0.05) is 16.6 Å². The van der Waals surface area contributed by atoms with Crippen LogP contribution in [0.25, 0.3) is 0 Å². The Morgan fingerprint density at radius 1 is 1.44 bits per heavy atom. The van der Waals surface area contributed by atoms with E-state index in [0.717, 1.165) is 10.0 Å². The van der Waals surface area contributed by atoms with Crippen LogP contribution in [0.3, 0.4) is 0 Å². The normalized spacial score (nSPS) is 11.2. The fourth-order valence-electron chi connectivity index (χ4n) is 1.30. The van der Waals surface area contributed by atoms with Gasteiger partial charge in [0.25, 0.3) is 0 Å². The number of benzene rings is 1. The van der Waals surface area contributed by atoms with Crippen LogP contribution < -0.4 is 4.72 Å². The molecule has 0 fully saturated rings. The molecule has 1 aromatic carbocycles. The zero-order valence-corrected chi connectivity index (χ0v) is 12.2. The number of rotatable bonds is 6. The molecule has 1 aromatic rings. The molecular weight excluding hydrogens is 322 g/mol. The maximum atomic E-state index is 11.7. The summed E-state index contributed by atoms with van der Waals surface area (Å²) in [5, 5.41) is 8.45.